The Kier molecular flexibility index (Phi) is 10.4. The van der Waals surface area contributed by atoms with Crippen LogP contribution in [0.15, 0.2) is 0 Å². The van der Waals surface area contributed by atoms with E-state index in [9.17, 15) is 14.7 Å². The molecule has 7 nitrogen and oxygen atoms in total. The number of hydrogen-bond donors (Lipinski definition) is 1. The summed E-state index contributed by atoms with van der Waals surface area (Å²) in [4.78, 5) is 23.6. The molecule has 0 aromatic carbocycles. The summed E-state index contributed by atoms with van der Waals surface area (Å²) in [7, 11) is 0. The van der Waals surface area contributed by atoms with Gasteiger partial charge in [-0.15, -0.1) is 0 Å². The first-order valence-electron chi connectivity index (χ1n) is 11.5. The predicted molar refractivity (Wildman–Crippen MR) is 118 cm³/mol. The number of aliphatic hydroxyl groups is 1. The van der Waals surface area contributed by atoms with Gasteiger partial charge in [0.25, 0.3) is 0 Å². The third-order valence-corrected chi connectivity index (χ3v) is 5.02. The van der Waals surface area contributed by atoms with E-state index in [1.54, 1.807) is 20.8 Å². The van der Waals surface area contributed by atoms with Crippen LogP contribution in [0.4, 0.5) is 0 Å². The van der Waals surface area contributed by atoms with Gasteiger partial charge in [0.2, 0.25) is 0 Å². The summed E-state index contributed by atoms with van der Waals surface area (Å²) in [6, 6.07) is 0. The predicted octanol–water partition coefficient (Wildman–Crippen LogP) is 4.39. The molecule has 7 heteroatoms. The minimum atomic E-state index is -0.718. The molecule has 182 valence electrons. The summed E-state index contributed by atoms with van der Waals surface area (Å²) in [6.45, 7) is 15.3. The van der Waals surface area contributed by atoms with Gasteiger partial charge in [-0.05, 0) is 81.1 Å². The van der Waals surface area contributed by atoms with Crippen LogP contribution < -0.4 is 0 Å². The molecule has 1 heterocycles. The van der Waals surface area contributed by atoms with Gasteiger partial charge in [-0.25, -0.2) is 0 Å². The molecule has 0 aromatic rings. The van der Waals surface area contributed by atoms with Crippen molar-refractivity contribution in [3.8, 4) is 0 Å². The Labute approximate surface area is 188 Å². The molecule has 1 N–H and O–H groups in total. The summed E-state index contributed by atoms with van der Waals surface area (Å²) in [5, 5.41) is 10.4. The number of ether oxygens (including phenoxy) is 4. The summed E-state index contributed by atoms with van der Waals surface area (Å²) >= 11 is 0. The van der Waals surface area contributed by atoms with Crippen molar-refractivity contribution in [2.75, 3.05) is 13.2 Å². The molecule has 0 amide bonds. The minimum absolute atomic E-state index is 0.0259. The van der Waals surface area contributed by atoms with E-state index in [1.165, 1.54) is 0 Å². The molecule has 0 unspecified atom stereocenters. The zero-order valence-corrected chi connectivity index (χ0v) is 20.8. The Morgan fingerprint density at radius 2 is 1.45 bits per heavy atom. The van der Waals surface area contributed by atoms with E-state index in [0.29, 0.717) is 25.9 Å². The standard InChI is InChI=1S/C24H44O7/c1-22(2,3)20(26)28-13-10-9-11-18-16-19(31-24(7,8)30-18)15-17(25)12-14-29-21(27)23(4,5)6/h17-19,25H,9-16H2,1-8H3/t17-,18+,19+/m0/s1. The van der Waals surface area contributed by atoms with Gasteiger partial charge in [-0.1, -0.05) is 0 Å². The van der Waals surface area contributed by atoms with E-state index in [4.69, 9.17) is 18.9 Å². The molecule has 0 saturated carbocycles. The zero-order chi connectivity index (χ0) is 23.9. The number of carbonyl (C=O) groups is 2. The van der Waals surface area contributed by atoms with E-state index in [2.05, 4.69) is 0 Å². The van der Waals surface area contributed by atoms with Crippen molar-refractivity contribution < 1.29 is 33.6 Å². The van der Waals surface area contributed by atoms with Crippen LogP contribution in [0.5, 0.6) is 0 Å². The van der Waals surface area contributed by atoms with Crippen LogP contribution in [-0.4, -0.2) is 54.4 Å². The fourth-order valence-electron chi connectivity index (χ4n) is 3.32. The Bertz CT molecular complexity index is 571. The SMILES string of the molecule is CC1(C)O[C@H](CCCCOC(=O)C(C)(C)C)C[C@@H](C[C@@H](O)CCOC(=O)C(C)(C)C)O1. The molecule has 1 aliphatic heterocycles. The first kappa shape index (κ1) is 27.9. The Morgan fingerprint density at radius 3 is 2.00 bits per heavy atom. The van der Waals surface area contributed by atoms with Crippen LogP contribution >= 0.6 is 0 Å². The van der Waals surface area contributed by atoms with Crippen molar-refractivity contribution in [3.05, 3.63) is 0 Å². The van der Waals surface area contributed by atoms with Crippen LogP contribution in [0.1, 0.15) is 93.9 Å². The minimum Gasteiger partial charge on any atom is -0.465 e. The lowest BCUT2D eigenvalue weighted by Gasteiger charge is -2.41. The Hall–Kier alpha value is -1.18. The van der Waals surface area contributed by atoms with Gasteiger partial charge >= 0.3 is 11.9 Å². The highest BCUT2D eigenvalue weighted by atomic mass is 16.7. The molecule has 0 bridgehead atoms. The second-order valence-electron chi connectivity index (χ2n) is 11.1. The van der Waals surface area contributed by atoms with Gasteiger partial charge < -0.3 is 24.1 Å². The molecule has 1 aliphatic rings. The number of aliphatic hydroxyl groups excluding tert-OH is 1. The molecule has 3 atom stereocenters. The van der Waals surface area contributed by atoms with Crippen molar-refractivity contribution in [1.29, 1.82) is 0 Å². The highest BCUT2D eigenvalue weighted by Gasteiger charge is 2.36. The Balaban J connectivity index is 2.36. The fourth-order valence-corrected chi connectivity index (χ4v) is 3.32. The van der Waals surface area contributed by atoms with E-state index >= 15 is 0 Å². The molecular formula is C24H44O7. The monoisotopic (exact) mass is 444 g/mol. The van der Waals surface area contributed by atoms with Gasteiger partial charge in [0.15, 0.2) is 5.79 Å². The molecule has 31 heavy (non-hydrogen) atoms. The van der Waals surface area contributed by atoms with Gasteiger partial charge in [-0.3, -0.25) is 9.59 Å². The summed E-state index contributed by atoms with van der Waals surface area (Å²) in [6.07, 6.45) is 3.36. The molecule has 1 saturated heterocycles. The zero-order valence-electron chi connectivity index (χ0n) is 20.8. The number of hydrogen-bond acceptors (Lipinski definition) is 7. The molecular weight excluding hydrogens is 400 g/mol. The average Bonchev–Trinajstić information content (AvgIpc) is 2.58. The highest BCUT2D eigenvalue weighted by molar-refractivity contribution is 5.75. The number of rotatable bonds is 10. The first-order valence-corrected chi connectivity index (χ1v) is 11.5. The third kappa shape index (κ3) is 11.3. The summed E-state index contributed by atoms with van der Waals surface area (Å²) < 4.78 is 22.6. The quantitative estimate of drug-likeness (QED) is 0.395. The average molecular weight is 445 g/mol. The lowest BCUT2D eigenvalue weighted by Crippen LogP contribution is -2.45. The van der Waals surface area contributed by atoms with Crippen molar-refractivity contribution >= 4 is 11.9 Å². The van der Waals surface area contributed by atoms with Gasteiger partial charge in [0.05, 0.1) is 42.4 Å². The fraction of sp³-hybridized carbons (Fsp3) is 0.917. The van der Waals surface area contributed by atoms with Crippen molar-refractivity contribution in [2.45, 2.75) is 118 Å². The summed E-state index contributed by atoms with van der Waals surface area (Å²) in [5.74, 6) is -1.17. The first-order chi connectivity index (χ1) is 14.1. The lowest BCUT2D eigenvalue weighted by molar-refractivity contribution is -0.303. The smallest absolute Gasteiger partial charge is 0.311 e. The summed E-state index contributed by atoms with van der Waals surface area (Å²) in [5.41, 5.74) is -1.02. The van der Waals surface area contributed by atoms with E-state index in [0.717, 1.165) is 19.3 Å². The van der Waals surface area contributed by atoms with E-state index in [1.807, 2.05) is 34.6 Å². The molecule has 1 fully saturated rings. The second kappa shape index (κ2) is 11.6. The van der Waals surface area contributed by atoms with Crippen LogP contribution in [0.3, 0.4) is 0 Å². The van der Waals surface area contributed by atoms with Crippen molar-refractivity contribution in [3.63, 3.8) is 0 Å². The van der Waals surface area contributed by atoms with Gasteiger partial charge in [0, 0.05) is 12.8 Å². The van der Waals surface area contributed by atoms with Crippen molar-refractivity contribution in [1.82, 2.24) is 0 Å². The van der Waals surface area contributed by atoms with Crippen molar-refractivity contribution in [2.24, 2.45) is 10.8 Å². The normalized spacial score (nSPS) is 22.6. The lowest BCUT2D eigenvalue weighted by atomic mass is 9.97. The number of esters is 2. The van der Waals surface area contributed by atoms with Gasteiger partial charge in [0.1, 0.15) is 0 Å². The number of carbonyl (C=O) groups excluding carboxylic acids is 2. The molecule has 1 rings (SSSR count). The maximum absolute atomic E-state index is 11.8. The van der Waals surface area contributed by atoms with Crippen LogP contribution in [0.25, 0.3) is 0 Å². The van der Waals surface area contributed by atoms with Crippen LogP contribution in [-0.2, 0) is 28.5 Å². The van der Waals surface area contributed by atoms with E-state index < -0.39 is 22.7 Å². The maximum Gasteiger partial charge on any atom is 0.311 e. The molecule has 0 aliphatic carbocycles. The van der Waals surface area contributed by atoms with Crippen LogP contribution in [0.2, 0.25) is 0 Å². The molecule has 0 radical (unpaired) electrons. The largest absolute Gasteiger partial charge is 0.465 e. The Morgan fingerprint density at radius 1 is 0.935 bits per heavy atom. The second-order valence-corrected chi connectivity index (χ2v) is 11.1. The number of unbranched alkanes of at least 4 members (excludes halogenated alkanes) is 1. The molecule has 0 spiro atoms. The van der Waals surface area contributed by atoms with Gasteiger partial charge in [-0.2, -0.15) is 0 Å². The third-order valence-electron chi connectivity index (χ3n) is 5.02. The molecule has 0 aromatic heterocycles. The topological polar surface area (TPSA) is 91.3 Å². The van der Waals surface area contributed by atoms with E-state index in [-0.39, 0.29) is 30.8 Å². The van der Waals surface area contributed by atoms with Crippen LogP contribution in [0, 0.1) is 10.8 Å². The highest BCUT2D eigenvalue weighted by Crippen LogP contribution is 2.31. The maximum atomic E-state index is 11.8.